The Balaban J connectivity index is 1.36. The summed E-state index contributed by atoms with van der Waals surface area (Å²) >= 11 is 0. The van der Waals surface area contributed by atoms with Crippen LogP contribution < -0.4 is 19.6 Å². The molecule has 1 saturated heterocycles. The van der Waals surface area contributed by atoms with E-state index >= 15 is 0 Å². The van der Waals surface area contributed by atoms with Crippen molar-refractivity contribution in [3.8, 4) is 17.2 Å². The molecule has 1 atom stereocenters. The highest BCUT2D eigenvalue weighted by molar-refractivity contribution is 5.73. The Hall–Kier alpha value is -3.19. The molecular formula is C24H25N3O4. The van der Waals surface area contributed by atoms with Crippen molar-refractivity contribution in [2.75, 3.05) is 26.3 Å². The largest absolute Gasteiger partial charge is 0.486 e. The summed E-state index contributed by atoms with van der Waals surface area (Å²) in [5.74, 6) is 2.60. The number of hydrazine groups is 1. The molecule has 0 aromatic heterocycles. The summed E-state index contributed by atoms with van der Waals surface area (Å²) in [6, 6.07) is 14.3. The first kappa shape index (κ1) is 18.6. The number of carbonyl (C=O) groups excluding carboxylic acids is 1. The average Bonchev–Trinajstić information content (AvgIpc) is 3.26. The summed E-state index contributed by atoms with van der Waals surface area (Å²) in [6.07, 6.45) is 3.74. The van der Waals surface area contributed by atoms with E-state index in [-0.39, 0.29) is 11.9 Å². The fourth-order valence-electron chi connectivity index (χ4n) is 5.01. The molecule has 1 fully saturated rings. The van der Waals surface area contributed by atoms with Crippen LogP contribution in [0.4, 0.5) is 0 Å². The number of fused-ring (bicyclic) bond motifs is 5. The SMILES string of the molecule is CC(=O)N1CCC2(CC1)Oc1ccccc1[C@@H]1C=C(c3ccc4c(c3)OCCO4)NN12. The van der Waals surface area contributed by atoms with Crippen molar-refractivity contribution in [1.29, 1.82) is 0 Å². The molecule has 0 unspecified atom stereocenters. The molecule has 1 spiro atoms. The zero-order valence-electron chi connectivity index (χ0n) is 17.5. The number of carbonyl (C=O) groups is 1. The maximum absolute atomic E-state index is 11.9. The molecular weight excluding hydrogens is 394 g/mol. The molecule has 2 aromatic rings. The second-order valence-electron chi connectivity index (χ2n) is 8.46. The summed E-state index contributed by atoms with van der Waals surface area (Å²) in [5, 5.41) is 2.24. The monoisotopic (exact) mass is 419 g/mol. The number of para-hydroxylation sites is 1. The van der Waals surface area contributed by atoms with Crippen LogP contribution in [-0.2, 0) is 4.79 Å². The molecule has 7 heteroatoms. The lowest BCUT2D eigenvalue weighted by Crippen LogP contribution is -2.63. The first-order valence-corrected chi connectivity index (χ1v) is 10.8. The Morgan fingerprint density at radius 2 is 1.81 bits per heavy atom. The number of rotatable bonds is 1. The minimum atomic E-state index is -0.503. The molecule has 7 nitrogen and oxygen atoms in total. The van der Waals surface area contributed by atoms with E-state index in [2.05, 4.69) is 28.6 Å². The van der Waals surface area contributed by atoms with Crippen LogP contribution in [0.3, 0.4) is 0 Å². The van der Waals surface area contributed by atoms with E-state index in [0.29, 0.717) is 26.3 Å². The van der Waals surface area contributed by atoms with Gasteiger partial charge in [-0.05, 0) is 30.3 Å². The highest BCUT2D eigenvalue weighted by atomic mass is 16.6. The molecule has 31 heavy (non-hydrogen) atoms. The Kier molecular flexibility index (Phi) is 4.14. The highest BCUT2D eigenvalue weighted by Crippen LogP contribution is 2.48. The number of ether oxygens (including phenoxy) is 3. The van der Waals surface area contributed by atoms with Gasteiger partial charge in [-0.25, -0.2) is 0 Å². The van der Waals surface area contributed by atoms with E-state index in [1.165, 1.54) is 0 Å². The van der Waals surface area contributed by atoms with E-state index in [9.17, 15) is 4.79 Å². The number of piperidine rings is 1. The fraction of sp³-hybridized carbons (Fsp3) is 0.375. The standard InChI is InChI=1S/C24H25N3O4/c1-16(28)26-10-8-24(9-11-26)27-20(18-4-2-3-5-21(18)31-24)15-19(25-27)17-6-7-22-23(14-17)30-13-12-29-22/h2-7,14-15,20,25H,8-13H2,1H3/t20-/m0/s1. The summed E-state index contributed by atoms with van der Waals surface area (Å²) in [7, 11) is 0. The second-order valence-corrected chi connectivity index (χ2v) is 8.46. The predicted molar refractivity (Wildman–Crippen MR) is 114 cm³/mol. The number of amides is 1. The Morgan fingerprint density at radius 3 is 2.61 bits per heavy atom. The van der Waals surface area contributed by atoms with Gasteiger partial charge in [0.25, 0.3) is 0 Å². The van der Waals surface area contributed by atoms with Crippen molar-refractivity contribution in [1.82, 2.24) is 15.3 Å². The molecule has 0 aliphatic carbocycles. The van der Waals surface area contributed by atoms with Gasteiger partial charge >= 0.3 is 0 Å². The molecule has 1 amide bonds. The molecule has 0 bridgehead atoms. The van der Waals surface area contributed by atoms with Gasteiger partial charge in [-0.3, -0.25) is 4.79 Å². The van der Waals surface area contributed by atoms with Gasteiger partial charge in [-0.2, -0.15) is 5.01 Å². The lowest BCUT2D eigenvalue weighted by molar-refractivity contribution is -0.165. The van der Waals surface area contributed by atoms with Gasteiger partial charge in [0.2, 0.25) is 5.91 Å². The summed E-state index contributed by atoms with van der Waals surface area (Å²) in [4.78, 5) is 13.8. The molecule has 1 N–H and O–H groups in total. The van der Waals surface area contributed by atoms with Gasteiger partial charge < -0.3 is 24.5 Å². The van der Waals surface area contributed by atoms with Crippen LogP contribution in [0.1, 0.15) is 36.9 Å². The molecule has 0 saturated carbocycles. The quantitative estimate of drug-likeness (QED) is 0.767. The van der Waals surface area contributed by atoms with E-state index in [1.54, 1.807) is 6.92 Å². The van der Waals surface area contributed by atoms with Crippen molar-refractivity contribution in [2.24, 2.45) is 0 Å². The number of nitrogens with zero attached hydrogens (tertiary/aromatic N) is 2. The van der Waals surface area contributed by atoms with Crippen molar-refractivity contribution < 1.29 is 19.0 Å². The van der Waals surface area contributed by atoms with Crippen molar-refractivity contribution in [3.63, 3.8) is 0 Å². The van der Waals surface area contributed by atoms with Gasteiger partial charge in [0.15, 0.2) is 17.2 Å². The predicted octanol–water partition coefficient (Wildman–Crippen LogP) is 3.09. The lowest BCUT2D eigenvalue weighted by Gasteiger charge is -2.51. The third-order valence-corrected chi connectivity index (χ3v) is 6.66. The fourth-order valence-corrected chi connectivity index (χ4v) is 5.01. The number of hydrogen-bond donors (Lipinski definition) is 1. The van der Waals surface area contributed by atoms with Gasteiger partial charge in [0.1, 0.15) is 19.0 Å². The van der Waals surface area contributed by atoms with Crippen LogP contribution in [0.15, 0.2) is 48.5 Å². The van der Waals surface area contributed by atoms with E-state index < -0.39 is 5.72 Å². The lowest BCUT2D eigenvalue weighted by atomic mass is 9.92. The van der Waals surface area contributed by atoms with E-state index in [1.807, 2.05) is 35.2 Å². The average molecular weight is 419 g/mol. The molecule has 4 heterocycles. The van der Waals surface area contributed by atoms with Gasteiger partial charge in [-0.15, -0.1) is 0 Å². The molecule has 160 valence electrons. The Labute approximate surface area is 181 Å². The summed E-state index contributed by atoms with van der Waals surface area (Å²) in [6.45, 7) is 4.14. The molecule has 4 aliphatic heterocycles. The molecule has 4 aliphatic rings. The molecule has 0 radical (unpaired) electrons. The topological polar surface area (TPSA) is 63.3 Å². The smallest absolute Gasteiger partial charge is 0.219 e. The van der Waals surface area contributed by atoms with Crippen LogP contribution >= 0.6 is 0 Å². The van der Waals surface area contributed by atoms with Gasteiger partial charge in [0.05, 0.1) is 11.7 Å². The third kappa shape index (κ3) is 2.95. The van der Waals surface area contributed by atoms with Crippen LogP contribution in [-0.4, -0.2) is 47.8 Å². The first-order chi connectivity index (χ1) is 15.1. The van der Waals surface area contributed by atoms with Crippen molar-refractivity contribution in [3.05, 3.63) is 59.7 Å². The van der Waals surface area contributed by atoms with Gasteiger partial charge in [-0.1, -0.05) is 18.2 Å². The van der Waals surface area contributed by atoms with Crippen LogP contribution in [0, 0.1) is 0 Å². The summed E-state index contributed by atoms with van der Waals surface area (Å²) < 4.78 is 18.1. The van der Waals surface area contributed by atoms with Crippen LogP contribution in [0.25, 0.3) is 5.70 Å². The number of likely N-dealkylation sites (tertiary alicyclic amines) is 1. The third-order valence-electron chi connectivity index (χ3n) is 6.66. The maximum atomic E-state index is 11.9. The summed E-state index contributed by atoms with van der Waals surface area (Å²) in [5.41, 5.74) is 6.34. The second kappa shape index (κ2) is 6.92. The first-order valence-electron chi connectivity index (χ1n) is 10.8. The maximum Gasteiger partial charge on any atom is 0.219 e. The molecule has 2 aromatic carbocycles. The number of benzene rings is 2. The van der Waals surface area contributed by atoms with Gasteiger partial charge in [0, 0.05) is 44.0 Å². The zero-order chi connectivity index (χ0) is 21.0. The van der Waals surface area contributed by atoms with E-state index in [0.717, 1.165) is 46.9 Å². The minimum Gasteiger partial charge on any atom is -0.486 e. The van der Waals surface area contributed by atoms with Crippen molar-refractivity contribution >= 4 is 11.6 Å². The van der Waals surface area contributed by atoms with Crippen LogP contribution in [0.2, 0.25) is 0 Å². The molecule has 6 rings (SSSR count). The van der Waals surface area contributed by atoms with E-state index in [4.69, 9.17) is 14.2 Å². The minimum absolute atomic E-state index is 0.0528. The Morgan fingerprint density at radius 1 is 1.03 bits per heavy atom. The number of hydrogen-bond acceptors (Lipinski definition) is 6. The van der Waals surface area contributed by atoms with Crippen molar-refractivity contribution in [2.45, 2.75) is 31.5 Å². The highest BCUT2D eigenvalue weighted by Gasteiger charge is 2.51. The normalized spacial score (nSPS) is 23.3. The zero-order valence-corrected chi connectivity index (χ0v) is 17.5. The Bertz CT molecular complexity index is 1070. The number of nitrogens with one attached hydrogen (secondary N) is 1. The van der Waals surface area contributed by atoms with Crippen LogP contribution in [0.5, 0.6) is 17.2 Å².